The number of hydrogen-bond donors (Lipinski definition) is 0. The zero-order valence-electron chi connectivity index (χ0n) is 17.0. The predicted molar refractivity (Wildman–Crippen MR) is 117 cm³/mol. The minimum Gasteiger partial charge on any atom is -0.497 e. The van der Waals surface area contributed by atoms with Crippen molar-refractivity contribution < 1.29 is 9.47 Å². The second-order valence-corrected chi connectivity index (χ2v) is 7.15. The molecule has 29 heavy (non-hydrogen) atoms. The minimum absolute atomic E-state index is 0.642. The van der Waals surface area contributed by atoms with Gasteiger partial charge in [0.05, 0.1) is 24.8 Å². The van der Waals surface area contributed by atoms with E-state index >= 15 is 0 Å². The van der Waals surface area contributed by atoms with Gasteiger partial charge in [-0.05, 0) is 48.7 Å². The highest BCUT2D eigenvalue weighted by atomic mass is 16.5. The van der Waals surface area contributed by atoms with E-state index in [-0.39, 0.29) is 0 Å². The topological polar surface area (TPSA) is 36.3 Å². The van der Waals surface area contributed by atoms with Crippen molar-refractivity contribution in [2.24, 2.45) is 0 Å². The quantitative estimate of drug-likeness (QED) is 0.380. The van der Waals surface area contributed by atoms with Gasteiger partial charge in [0.1, 0.15) is 17.3 Å². The monoisotopic (exact) mass is 386 g/mol. The molecule has 4 rings (SSSR count). The Labute approximate surface area is 171 Å². The van der Waals surface area contributed by atoms with Crippen molar-refractivity contribution in [3.8, 4) is 11.5 Å². The van der Waals surface area contributed by atoms with Gasteiger partial charge in [0, 0.05) is 19.0 Å². The molecule has 0 fully saturated rings. The summed E-state index contributed by atoms with van der Waals surface area (Å²) in [5.74, 6) is 2.74. The van der Waals surface area contributed by atoms with Crippen molar-refractivity contribution >= 4 is 11.0 Å². The second kappa shape index (κ2) is 8.82. The van der Waals surface area contributed by atoms with Gasteiger partial charge in [0.2, 0.25) is 0 Å². The molecule has 0 bridgehead atoms. The fourth-order valence-electron chi connectivity index (χ4n) is 3.59. The molecule has 1 aromatic heterocycles. The van der Waals surface area contributed by atoms with E-state index in [0.717, 1.165) is 42.2 Å². The third kappa shape index (κ3) is 4.43. The molecule has 4 aromatic rings. The Kier molecular flexibility index (Phi) is 5.80. The van der Waals surface area contributed by atoms with E-state index in [9.17, 15) is 0 Å². The molecule has 0 amide bonds. The molecule has 0 saturated heterocycles. The SMILES string of the molecule is COc1cccc(OCCCn2c(Cc3ccccc3C)nc3ccccc32)c1. The van der Waals surface area contributed by atoms with E-state index in [4.69, 9.17) is 14.5 Å². The zero-order chi connectivity index (χ0) is 20.1. The maximum Gasteiger partial charge on any atom is 0.122 e. The van der Waals surface area contributed by atoms with E-state index in [2.05, 4.69) is 54.0 Å². The van der Waals surface area contributed by atoms with Gasteiger partial charge in [0.25, 0.3) is 0 Å². The van der Waals surface area contributed by atoms with Gasteiger partial charge in [-0.3, -0.25) is 0 Å². The van der Waals surface area contributed by atoms with Crippen LogP contribution in [0.5, 0.6) is 11.5 Å². The van der Waals surface area contributed by atoms with Gasteiger partial charge >= 0.3 is 0 Å². The molecule has 3 aromatic carbocycles. The molecule has 0 aliphatic rings. The first kappa shape index (κ1) is 19.1. The number of rotatable bonds is 8. The molecule has 4 nitrogen and oxygen atoms in total. The van der Waals surface area contributed by atoms with E-state index in [1.807, 2.05) is 30.3 Å². The van der Waals surface area contributed by atoms with Crippen molar-refractivity contribution in [3.05, 3.63) is 89.7 Å². The zero-order valence-corrected chi connectivity index (χ0v) is 17.0. The second-order valence-electron chi connectivity index (χ2n) is 7.15. The van der Waals surface area contributed by atoms with Crippen molar-refractivity contribution in [1.82, 2.24) is 9.55 Å². The number of para-hydroxylation sites is 2. The fraction of sp³-hybridized carbons (Fsp3) is 0.240. The number of imidazole rings is 1. The molecule has 0 radical (unpaired) electrons. The van der Waals surface area contributed by atoms with Crippen LogP contribution in [-0.2, 0) is 13.0 Å². The van der Waals surface area contributed by atoms with Crippen molar-refractivity contribution in [1.29, 1.82) is 0 Å². The van der Waals surface area contributed by atoms with Crippen LogP contribution < -0.4 is 9.47 Å². The first-order valence-electron chi connectivity index (χ1n) is 10.00. The van der Waals surface area contributed by atoms with E-state index < -0.39 is 0 Å². The number of hydrogen-bond acceptors (Lipinski definition) is 3. The van der Waals surface area contributed by atoms with Gasteiger partial charge in [-0.1, -0.05) is 42.5 Å². The summed E-state index contributed by atoms with van der Waals surface area (Å²) in [6.07, 6.45) is 1.73. The summed E-state index contributed by atoms with van der Waals surface area (Å²) in [4.78, 5) is 4.91. The van der Waals surface area contributed by atoms with Crippen LogP contribution in [0, 0.1) is 6.92 Å². The Morgan fingerprint density at radius 3 is 2.55 bits per heavy atom. The molecule has 148 valence electrons. The highest BCUT2D eigenvalue weighted by molar-refractivity contribution is 5.76. The summed E-state index contributed by atoms with van der Waals surface area (Å²) in [5, 5.41) is 0. The molecule has 0 atom stereocenters. The van der Waals surface area contributed by atoms with E-state index in [1.165, 1.54) is 16.6 Å². The normalized spacial score (nSPS) is 11.0. The van der Waals surface area contributed by atoms with Crippen LogP contribution >= 0.6 is 0 Å². The third-order valence-corrected chi connectivity index (χ3v) is 5.18. The number of ether oxygens (including phenoxy) is 2. The van der Waals surface area contributed by atoms with Gasteiger partial charge in [0.15, 0.2) is 0 Å². The lowest BCUT2D eigenvalue weighted by atomic mass is 10.1. The molecule has 4 heteroatoms. The van der Waals surface area contributed by atoms with Crippen molar-refractivity contribution in [3.63, 3.8) is 0 Å². The molecule has 0 spiro atoms. The summed E-state index contributed by atoms with van der Waals surface area (Å²) in [5.41, 5.74) is 4.84. The molecular formula is C25H26N2O2. The molecule has 0 saturated carbocycles. The van der Waals surface area contributed by atoms with E-state index in [1.54, 1.807) is 7.11 Å². The van der Waals surface area contributed by atoms with Crippen LogP contribution in [0.15, 0.2) is 72.8 Å². The first-order valence-corrected chi connectivity index (χ1v) is 10.00. The number of benzene rings is 3. The lowest BCUT2D eigenvalue weighted by Crippen LogP contribution is -2.09. The predicted octanol–water partition coefficient (Wildman–Crippen LogP) is 5.41. The fourth-order valence-corrected chi connectivity index (χ4v) is 3.59. The van der Waals surface area contributed by atoms with Crippen LogP contribution in [0.2, 0.25) is 0 Å². The Hall–Kier alpha value is -3.27. The van der Waals surface area contributed by atoms with Crippen LogP contribution in [0.4, 0.5) is 0 Å². The summed E-state index contributed by atoms with van der Waals surface area (Å²) < 4.78 is 13.5. The number of nitrogens with zero attached hydrogens (tertiary/aromatic N) is 2. The van der Waals surface area contributed by atoms with Crippen molar-refractivity contribution in [2.75, 3.05) is 13.7 Å². The van der Waals surface area contributed by atoms with E-state index in [0.29, 0.717) is 6.61 Å². The Morgan fingerprint density at radius 2 is 1.69 bits per heavy atom. The van der Waals surface area contributed by atoms with Crippen LogP contribution in [0.3, 0.4) is 0 Å². The van der Waals surface area contributed by atoms with Crippen LogP contribution in [-0.4, -0.2) is 23.3 Å². The average molecular weight is 386 g/mol. The van der Waals surface area contributed by atoms with Gasteiger partial charge in [-0.15, -0.1) is 0 Å². The van der Waals surface area contributed by atoms with Crippen LogP contribution in [0.1, 0.15) is 23.4 Å². The van der Waals surface area contributed by atoms with Crippen molar-refractivity contribution in [2.45, 2.75) is 26.3 Å². The Bertz CT molecular complexity index is 1100. The Morgan fingerprint density at radius 1 is 0.897 bits per heavy atom. The average Bonchev–Trinajstić information content (AvgIpc) is 3.10. The summed E-state index contributed by atoms with van der Waals surface area (Å²) >= 11 is 0. The lowest BCUT2D eigenvalue weighted by Gasteiger charge is -2.12. The highest BCUT2D eigenvalue weighted by Gasteiger charge is 2.12. The molecule has 0 N–H and O–H groups in total. The maximum atomic E-state index is 5.92. The molecule has 0 aliphatic heterocycles. The lowest BCUT2D eigenvalue weighted by molar-refractivity contribution is 0.299. The maximum absolute atomic E-state index is 5.92. The highest BCUT2D eigenvalue weighted by Crippen LogP contribution is 2.22. The summed E-state index contributed by atoms with van der Waals surface area (Å²) in [6, 6.07) is 24.6. The standard InChI is InChI=1S/C25H26N2O2/c1-19-9-3-4-10-20(19)17-25-26-23-13-5-6-14-24(23)27(25)15-8-16-29-22-12-7-11-21(18-22)28-2/h3-7,9-14,18H,8,15-17H2,1-2H3. The molecule has 0 aliphatic carbocycles. The van der Waals surface area contributed by atoms with Gasteiger partial charge in [-0.25, -0.2) is 4.98 Å². The number of aryl methyl sites for hydroxylation is 2. The summed E-state index contributed by atoms with van der Waals surface area (Å²) in [7, 11) is 1.67. The summed E-state index contributed by atoms with van der Waals surface area (Å²) in [6.45, 7) is 3.67. The number of aromatic nitrogens is 2. The smallest absolute Gasteiger partial charge is 0.122 e. The van der Waals surface area contributed by atoms with Gasteiger partial charge in [-0.2, -0.15) is 0 Å². The molecule has 0 unspecified atom stereocenters. The number of methoxy groups -OCH3 is 1. The first-order chi connectivity index (χ1) is 14.2. The number of fused-ring (bicyclic) bond motifs is 1. The minimum atomic E-state index is 0.642. The Balaban J connectivity index is 1.49. The molecular weight excluding hydrogens is 360 g/mol. The molecule has 1 heterocycles. The van der Waals surface area contributed by atoms with Crippen LogP contribution in [0.25, 0.3) is 11.0 Å². The largest absolute Gasteiger partial charge is 0.497 e. The van der Waals surface area contributed by atoms with Gasteiger partial charge < -0.3 is 14.0 Å². The third-order valence-electron chi connectivity index (χ3n) is 5.18.